The van der Waals surface area contributed by atoms with E-state index in [0.29, 0.717) is 34.9 Å². The van der Waals surface area contributed by atoms with Crippen LogP contribution in [0.25, 0.3) is 10.2 Å². The summed E-state index contributed by atoms with van der Waals surface area (Å²) in [5.41, 5.74) is 1.18. The molecule has 2 heterocycles. The number of ether oxygens (including phenoxy) is 2. The van der Waals surface area contributed by atoms with Crippen LogP contribution in [-0.2, 0) is 4.74 Å². The number of aromatic nitrogens is 1. The second kappa shape index (κ2) is 6.96. The van der Waals surface area contributed by atoms with Crippen LogP contribution in [0.3, 0.4) is 0 Å². The molecule has 0 spiro atoms. The van der Waals surface area contributed by atoms with Crippen molar-refractivity contribution in [3.8, 4) is 5.19 Å². The van der Waals surface area contributed by atoms with E-state index in [0.717, 1.165) is 4.70 Å². The molecule has 0 radical (unpaired) electrons. The van der Waals surface area contributed by atoms with Gasteiger partial charge in [0, 0.05) is 5.56 Å². The minimum atomic E-state index is -0.446. The molecular weight excluding hydrogens is 371 g/mol. The highest BCUT2D eigenvalue weighted by molar-refractivity contribution is 7.20. The van der Waals surface area contributed by atoms with Crippen molar-refractivity contribution in [1.82, 2.24) is 9.88 Å². The minimum absolute atomic E-state index is 0.137. The second-order valence-electron chi connectivity index (χ2n) is 6.09. The zero-order valence-electron chi connectivity index (χ0n) is 14.3. The van der Waals surface area contributed by atoms with Gasteiger partial charge in [0.05, 0.1) is 30.5 Å². The molecule has 6 nitrogen and oxygen atoms in total. The largest absolute Gasteiger partial charge is 0.465 e. The molecule has 0 bridgehead atoms. The summed E-state index contributed by atoms with van der Waals surface area (Å²) >= 11 is 1.28. The first kappa shape index (κ1) is 17.4. The average Bonchev–Trinajstić information content (AvgIpc) is 3.07. The fraction of sp³-hybridized carbons (Fsp3) is 0.211. The number of carbonyl (C=O) groups is 2. The molecule has 1 aliphatic rings. The number of fused-ring (bicyclic) bond motifs is 1. The van der Waals surface area contributed by atoms with E-state index in [2.05, 4.69) is 9.72 Å². The molecule has 138 valence electrons. The summed E-state index contributed by atoms with van der Waals surface area (Å²) < 4.78 is 24.8. The molecule has 8 heteroatoms. The van der Waals surface area contributed by atoms with Gasteiger partial charge in [0.25, 0.3) is 11.1 Å². The summed E-state index contributed by atoms with van der Waals surface area (Å²) in [4.78, 5) is 29.7. The molecule has 1 saturated heterocycles. The number of amides is 1. The number of benzene rings is 2. The van der Waals surface area contributed by atoms with Gasteiger partial charge in [-0.3, -0.25) is 4.79 Å². The highest BCUT2D eigenvalue weighted by Gasteiger charge is 2.33. The standard InChI is InChI=1S/C19H15FN2O4S/c1-25-18(24)12-7-5-11(6-8-12)17(23)22-9-13(10-22)26-19-21-16-14(20)3-2-4-15(16)27-19/h2-8,13H,9-10H2,1H3. The summed E-state index contributed by atoms with van der Waals surface area (Å²) in [6.45, 7) is 0.853. The van der Waals surface area contributed by atoms with Gasteiger partial charge in [-0.15, -0.1) is 0 Å². The van der Waals surface area contributed by atoms with Crippen molar-refractivity contribution in [3.05, 3.63) is 59.4 Å². The molecule has 0 unspecified atom stereocenters. The predicted molar refractivity (Wildman–Crippen MR) is 97.7 cm³/mol. The lowest BCUT2D eigenvalue weighted by Gasteiger charge is -2.38. The van der Waals surface area contributed by atoms with E-state index in [4.69, 9.17) is 4.74 Å². The predicted octanol–water partition coefficient (Wildman–Crippen LogP) is 3.13. The maximum atomic E-state index is 13.7. The molecule has 27 heavy (non-hydrogen) atoms. The maximum absolute atomic E-state index is 13.7. The summed E-state index contributed by atoms with van der Waals surface area (Å²) in [5.74, 6) is -0.959. The Morgan fingerprint density at radius 3 is 2.52 bits per heavy atom. The third-order valence-electron chi connectivity index (χ3n) is 4.31. The number of methoxy groups -OCH3 is 1. The van der Waals surface area contributed by atoms with Gasteiger partial charge in [-0.05, 0) is 36.4 Å². The number of thiazole rings is 1. The zero-order chi connectivity index (χ0) is 19.0. The minimum Gasteiger partial charge on any atom is -0.465 e. The van der Waals surface area contributed by atoms with Crippen molar-refractivity contribution in [2.75, 3.05) is 20.2 Å². The Hall–Kier alpha value is -3.00. The molecule has 0 aliphatic carbocycles. The third-order valence-corrected chi connectivity index (χ3v) is 5.22. The number of esters is 1. The summed E-state index contributed by atoms with van der Waals surface area (Å²) in [6, 6.07) is 11.1. The van der Waals surface area contributed by atoms with Gasteiger partial charge in [0.1, 0.15) is 17.4 Å². The first-order valence-electron chi connectivity index (χ1n) is 8.24. The Morgan fingerprint density at radius 1 is 1.15 bits per heavy atom. The Balaban J connectivity index is 1.36. The Labute approximate surface area is 158 Å². The van der Waals surface area contributed by atoms with E-state index >= 15 is 0 Å². The normalized spacial score (nSPS) is 14.1. The van der Waals surface area contributed by atoms with Gasteiger partial charge in [0.2, 0.25) is 0 Å². The summed E-state index contributed by atoms with van der Waals surface area (Å²) in [7, 11) is 1.31. The van der Waals surface area contributed by atoms with E-state index in [1.807, 2.05) is 0 Å². The van der Waals surface area contributed by atoms with Gasteiger partial charge in [-0.1, -0.05) is 17.4 Å². The number of hydrogen-bond donors (Lipinski definition) is 0. The molecule has 1 aromatic heterocycles. The summed E-state index contributed by atoms with van der Waals surface area (Å²) in [6.07, 6.45) is -0.174. The third kappa shape index (κ3) is 3.35. The zero-order valence-corrected chi connectivity index (χ0v) is 15.2. The monoisotopic (exact) mass is 386 g/mol. The van der Waals surface area contributed by atoms with Gasteiger partial charge in [-0.2, -0.15) is 4.98 Å². The maximum Gasteiger partial charge on any atom is 0.337 e. The van der Waals surface area contributed by atoms with Crippen LogP contribution in [0.2, 0.25) is 0 Å². The number of carbonyl (C=O) groups excluding carboxylic acids is 2. The molecule has 0 N–H and O–H groups in total. The lowest BCUT2D eigenvalue weighted by molar-refractivity contribution is 0.0177. The van der Waals surface area contributed by atoms with Gasteiger partial charge in [-0.25, -0.2) is 9.18 Å². The van der Waals surface area contributed by atoms with Gasteiger partial charge >= 0.3 is 5.97 Å². The van der Waals surface area contributed by atoms with Crippen molar-refractivity contribution in [2.45, 2.75) is 6.10 Å². The van der Waals surface area contributed by atoms with Crippen molar-refractivity contribution in [3.63, 3.8) is 0 Å². The van der Waals surface area contributed by atoms with Crippen LogP contribution in [0, 0.1) is 5.82 Å². The van der Waals surface area contributed by atoms with Crippen LogP contribution in [0.1, 0.15) is 20.7 Å². The van der Waals surface area contributed by atoms with Crippen molar-refractivity contribution >= 4 is 33.4 Å². The summed E-state index contributed by atoms with van der Waals surface area (Å²) in [5, 5.41) is 0.398. The van der Waals surface area contributed by atoms with Gasteiger partial charge in [0.15, 0.2) is 0 Å². The molecule has 1 aliphatic heterocycles. The average molecular weight is 386 g/mol. The van der Waals surface area contributed by atoms with Crippen LogP contribution in [0.15, 0.2) is 42.5 Å². The molecule has 4 rings (SSSR count). The van der Waals surface area contributed by atoms with E-state index in [9.17, 15) is 14.0 Å². The van der Waals surface area contributed by atoms with Crippen LogP contribution < -0.4 is 4.74 Å². The second-order valence-corrected chi connectivity index (χ2v) is 7.08. The number of para-hydroxylation sites is 1. The number of rotatable bonds is 4. The number of likely N-dealkylation sites (tertiary alicyclic amines) is 1. The molecule has 1 amide bonds. The van der Waals surface area contributed by atoms with Crippen LogP contribution in [-0.4, -0.2) is 48.1 Å². The van der Waals surface area contributed by atoms with Gasteiger partial charge < -0.3 is 14.4 Å². The smallest absolute Gasteiger partial charge is 0.337 e. The van der Waals surface area contributed by atoms with Crippen molar-refractivity contribution in [1.29, 1.82) is 0 Å². The van der Waals surface area contributed by atoms with Crippen molar-refractivity contribution in [2.24, 2.45) is 0 Å². The quantitative estimate of drug-likeness (QED) is 0.645. The highest BCUT2D eigenvalue weighted by atomic mass is 32.1. The Kier molecular flexibility index (Phi) is 4.49. The number of halogens is 1. The molecule has 1 fully saturated rings. The Bertz CT molecular complexity index is 1010. The van der Waals surface area contributed by atoms with E-state index < -0.39 is 5.97 Å². The highest BCUT2D eigenvalue weighted by Crippen LogP contribution is 2.31. The van der Waals surface area contributed by atoms with Crippen molar-refractivity contribution < 1.29 is 23.5 Å². The first-order valence-corrected chi connectivity index (χ1v) is 9.06. The number of nitrogens with zero attached hydrogens (tertiary/aromatic N) is 2. The fourth-order valence-electron chi connectivity index (χ4n) is 2.82. The SMILES string of the molecule is COC(=O)c1ccc(C(=O)N2CC(Oc3nc4c(F)cccc4s3)C2)cc1. The first-order chi connectivity index (χ1) is 13.0. The van der Waals surface area contributed by atoms with E-state index in [1.165, 1.54) is 24.5 Å². The molecular formula is C19H15FN2O4S. The molecule has 0 saturated carbocycles. The van der Waals surface area contributed by atoms with E-state index in [1.54, 1.807) is 41.3 Å². The molecule has 3 aromatic rings. The van der Waals surface area contributed by atoms with E-state index in [-0.39, 0.29) is 17.8 Å². The van der Waals surface area contributed by atoms with Crippen LogP contribution >= 0.6 is 11.3 Å². The van der Waals surface area contributed by atoms with Crippen LogP contribution in [0.4, 0.5) is 4.39 Å². The lowest BCUT2D eigenvalue weighted by atomic mass is 10.1. The lowest BCUT2D eigenvalue weighted by Crippen LogP contribution is -2.56. The van der Waals surface area contributed by atoms with Crippen LogP contribution in [0.5, 0.6) is 5.19 Å². The fourth-order valence-corrected chi connectivity index (χ4v) is 3.71. The molecule has 2 aromatic carbocycles. The topological polar surface area (TPSA) is 68.7 Å². The number of hydrogen-bond acceptors (Lipinski definition) is 6. The molecule has 0 atom stereocenters. The Morgan fingerprint density at radius 2 is 1.85 bits per heavy atom.